The molecule has 5 nitrogen and oxygen atoms in total. The van der Waals surface area contributed by atoms with Crippen molar-refractivity contribution in [2.24, 2.45) is 0 Å². The predicted molar refractivity (Wildman–Crippen MR) is 94.7 cm³/mol. The first kappa shape index (κ1) is 17.5. The van der Waals surface area contributed by atoms with Crippen LogP contribution in [0.4, 0.5) is 10.5 Å². The zero-order valence-electron chi connectivity index (χ0n) is 13.1. The van der Waals surface area contributed by atoms with Crippen LogP contribution in [-0.4, -0.2) is 26.3 Å². The van der Waals surface area contributed by atoms with Gasteiger partial charge < -0.3 is 20.1 Å². The molecule has 0 atom stereocenters. The Hall–Kier alpha value is -2.84. The molecule has 124 valence electrons. The fourth-order valence-electron chi connectivity index (χ4n) is 1.80. The molecule has 0 heterocycles. The molecule has 0 saturated carbocycles. The van der Waals surface area contributed by atoms with E-state index in [1.165, 1.54) is 0 Å². The van der Waals surface area contributed by atoms with Crippen molar-refractivity contribution >= 4 is 23.3 Å². The second-order valence-electron chi connectivity index (χ2n) is 4.61. The van der Waals surface area contributed by atoms with Gasteiger partial charge in [-0.15, -0.1) is 0 Å². The first-order valence-corrected chi connectivity index (χ1v) is 7.59. The molecule has 0 unspecified atom stereocenters. The van der Waals surface area contributed by atoms with E-state index in [9.17, 15) is 4.79 Å². The van der Waals surface area contributed by atoms with Crippen molar-refractivity contribution in [3.63, 3.8) is 0 Å². The van der Waals surface area contributed by atoms with Crippen molar-refractivity contribution < 1.29 is 14.3 Å². The summed E-state index contributed by atoms with van der Waals surface area (Å²) < 4.78 is 10.7. The SMILES string of the molecule is COc1ccccc1OCC#CCNC(=O)Nc1ccc(Cl)cc1. The van der Waals surface area contributed by atoms with E-state index in [2.05, 4.69) is 22.5 Å². The van der Waals surface area contributed by atoms with Crippen molar-refractivity contribution in [3.05, 3.63) is 53.6 Å². The highest BCUT2D eigenvalue weighted by Gasteiger charge is 2.01. The normalized spacial score (nSPS) is 9.42. The number of para-hydroxylation sites is 2. The standard InChI is InChI=1S/C18H17ClN2O3/c1-23-16-6-2-3-7-17(16)24-13-5-4-12-20-18(22)21-15-10-8-14(19)9-11-15/h2-3,6-11H,12-13H2,1H3,(H2,20,21,22). The highest BCUT2D eigenvalue weighted by atomic mass is 35.5. The summed E-state index contributed by atoms with van der Waals surface area (Å²) in [5, 5.41) is 5.92. The fraction of sp³-hybridized carbons (Fsp3) is 0.167. The maximum Gasteiger partial charge on any atom is 0.319 e. The van der Waals surface area contributed by atoms with Crippen LogP contribution in [0.1, 0.15) is 0 Å². The Morgan fingerprint density at radius 3 is 2.50 bits per heavy atom. The smallest absolute Gasteiger partial charge is 0.319 e. The summed E-state index contributed by atoms with van der Waals surface area (Å²) in [5.74, 6) is 6.91. The van der Waals surface area contributed by atoms with Crippen molar-refractivity contribution in [2.75, 3.05) is 25.6 Å². The van der Waals surface area contributed by atoms with Gasteiger partial charge in [-0.3, -0.25) is 0 Å². The van der Waals surface area contributed by atoms with Gasteiger partial charge in [0.1, 0.15) is 6.61 Å². The van der Waals surface area contributed by atoms with Crippen LogP contribution < -0.4 is 20.1 Å². The number of halogens is 1. The maximum atomic E-state index is 11.7. The summed E-state index contributed by atoms with van der Waals surface area (Å²) in [7, 11) is 1.58. The lowest BCUT2D eigenvalue weighted by atomic mass is 10.3. The van der Waals surface area contributed by atoms with E-state index in [1.54, 1.807) is 37.4 Å². The lowest BCUT2D eigenvalue weighted by Gasteiger charge is -2.07. The van der Waals surface area contributed by atoms with Crippen molar-refractivity contribution in [2.45, 2.75) is 0 Å². The molecule has 6 heteroatoms. The number of methoxy groups -OCH3 is 1. The van der Waals surface area contributed by atoms with Crippen LogP contribution in [0, 0.1) is 11.8 Å². The number of rotatable bonds is 5. The third-order valence-corrected chi connectivity index (χ3v) is 3.19. The molecule has 24 heavy (non-hydrogen) atoms. The fourth-order valence-corrected chi connectivity index (χ4v) is 1.92. The Balaban J connectivity index is 1.70. The van der Waals surface area contributed by atoms with Crippen LogP contribution >= 0.6 is 11.6 Å². The molecule has 0 saturated heterocycles. The Labute approximate surface area is 145 Å². The minimum absolute atomic E-state index is 0.209. The summed E-state index contributed by atoms with van der Waals surface area (Å²) in [5.41, 5.74) is 0.657. The summed E-state index contributed by atoms with van der Waals surface area (Å²) in [6, 6.07) is 13.8. The summed E-state index contributed by atoms with van der Waals surface area (Å²) >= 11 is 5.78. The number of nitrogens with one attached hydrogen (secondary N) is 2. The largest absolute Gasteiger partial charge is 0.493 e. The van der Waals surface area contributed by atoms with E-state index in [0.717, 1.165) is 0 Å². The molecular weight excluding hydrogens is 328 g/mol. The van der Waals surface area contributed by atoms with Crippen LogP contribution in [0.25, 0.3) is 0 Å². The van der Waals surface area contributed by atoms with Crippen LogP contribution in [0.2, 0.25) is 5.02 Å². The number of hydrogen-bond donors (Lipinski definition) is 2. The second-order valence-corrected chi connectivity index (χ2v) is 5.04. The van der Waals surface area contributed by atoms with E-state index < -0.39 is 0 Å². The zero-order valence-corrected chi connectivity index (χ0v) is 13.9. The molecule has 0 aliphatic carbocycles. The lowest BCUT2D eigenvalue weighted by Crippen LogP contribution is -2.28. The van der Waals surface area contributed by atoms with E-state index in [0.29, 0.717) is 22.2 Å². The van der Waals surface area contributed by atoms with E-state index in [-0.39, 0.29) is 19.2 Å². The minimum Gasteiger partial charge on any atom is -0.493 e. The van der Waals surface area contributed by atoms with E-state index >= 15 is 0 Å². The molecule has 0 spiro atoms. The van der Waals surface area contributed by atoms with Gasteiger partial charge in [0.15, 0.2) is 11.5 Å². The molecule has 2 aromatic rings. The van der Waals surface area contributed by atoms with Crippen molar-refractivity contribution in [1.29, 1.82) is 0 Å². The number of hydrogen-bond acceptors (Lipinski definition) is 3. The molecule has 2 amide bonds. The maximum absolute atomic E-state index is 11.7. The molecule has 0 fully saturated rings. The monoisotopic (exact) mass is 344 g/mol. The second kappa shape index (κ2) is 9.33. The van der Waals surface area contributed by atoms with Gasteiger partial charge in [0.05, 0.1) is 13.7 Å². The number of benzene rings is 2. The molecular formula is C18H17ClN2O3. The quantitative estimate of drug-likeness (QED) is 0.815. The van der Waals surface area contributed by atoms with Crippen LogP contribution in [-0.2, 0) is 0 Å². The Morgan fingerprint density at radius 1 is 1.08 bits per heavy atom. The topological polar surface area (TPSA) is 59.6 Å². The van der Waals surface area contributed by atoms with Gasteiger partial charge in [-0.25, -0.2) is 4.79 Å². The Morgan fingerprint density at radius 2 is 1.79 bits per heavy atom. The van der Waals surface area contributed by atoms with Gasteiger partial charge in [-0.05, 0) is 36.4 Å². The van der Waals surface area contributed by atoms with E-state index in [1.807, 2.05) is 18.2 Å². The average molecular weight is 345 g/mol. The third-order valence-electron chi connectivity index (χ3n) is 2.93. The number of carbonyl (C=O) groups is 1. The van der Waals surface area contributed by atoms with Gasteiger partial charge in [0.25, 0.3) is 0 Å². The highest BCUT2D eigenvalue weighted by molar-refractivity contribution is 6.30. The lowest BCUT2D eigenvalue weighted by molar-refractivity contribution is 0.253. The first-order valence-electron chi connectivity index (χ1n) is 7.21. The van der Waals surface area contributed by atoms with Crippen molar-refractivity contribution in [3.8, 4) is 23.3 Å². The first-order chi connectivity index (χ1) is 11.7. The third kappa shape index (κ3) is 5.75. The number of urea groups is 1. The average Bonchev–Trinajstić information content (AvgIpc) is 2.60. The molecule has 0 aliphatic rings. The van der Waals surface area contributed by atoms with Crippen LogP contribution in [0.5, 0.6) is 11.5 Å². The van der Waals surface area contributed by atoms with Gasteiger partial charge in [-0.2, -0.15) is 0 Å². The van der Waals surface area contributed by atoms with Gasteiger partial charge in [-0.1, -0.05) is 35.6 Å². The molecule has 0 bridgehead atoms. The summed E-state index contributed by atoms with van der Waals surface area (Å²) in [4.78, 5) is 11.7. The van der Waals surface area contributed by atoms with Crippen molar-refractivity contribution in [1.82, 2.24) is 5.32 Å². The summed E-state index contributed by atoms with van der Waals surface area (Å²) in [6.07, 6.45) is 0. The number of amides is 2. The van der Waals surface area contributed by atoms with Gasteiger partial charge >= 0.3 is 6.03 Å². The number of anilines is 1. The predicted octanol–water partition coefficient (Wildman–Crippen LogP) is 3.55. The highest BCUT2D eigenvalue weighted by Crippen LogP contribution is 2.25. The number of ether oxygens (including phenoxy) is 2. The Kier molecular flexibility index (Phi) is 6.81. The molecule has 0 radical (unpaired) electrons. The Bertz CT molecular complexity index is 736. The zero-order chi connectivity index (χ0) is 17.2. The van der Waals surface area contributed by atoms with Gasteiger partial charge in [0, 0.05) is 10.7 Å². The summed E-state index contributed by atoms with van der Waals surface area (Å²) in [6.45, 7) is 0.426. The molecule has 0 aromatic heterocycles. The molecule has 2 aromatic carbocycles. The van der Waals surface area contributed by atoms with Crippen LogP contribution in [0.3, 0.4) is 0 Å². The molecule has 2 rings (SSSR count). The minimum atomic E-state index is -0.336. The molecule has 2 N–H and O–H groups in total. The van der Waals surface area contributed by atoms with E-state index in [4.69, 9.17) is 21.1 Å². The number of carbonyl (C=O) groups excluding carboxylic acids is 1. The molecule has 0 aliphatic heterocycles. The van der Waals surface area contributed by atoms with Crippen LogP contribution in [0.15, 0.2) is 48.5 Å². The van der Waals surface area contributed by atoms with Gasteiger partial charge in [0.2, 0.25) is 0 Å².